The first kappa shape index (κ1) is 40.1. The molecule has 0 spiro atoms. The van der Waals surface area contributed by atoms with E-state index in [0.29, 0.717) is 41.4 Å². The third-order valence-corrected chi connectivity index (χ3v) is 10.6. The fourth-order valence-electron chi connectivity index (χ4n) is 7.09. The van der Waals surface area contributed by atoms with Gasteiger partial charge in [-0.15, -0.1) is 0 Å². The fourth-order valence-corrected chi connectivity index (χ4v) is 7.09. The van der Waals surface area contributed by atoms with Gasteiger partial charge in [0.2, 0.25) is 0 Å². The lowest BCUT2D eigenvalue weighted by Crippen LogP contribution is -2.29. The fraction of sp³-hybridized carbons (Fsp3) is 0.585. The van der Waals surface area contributed by atoms with Crippen molar-refractivity contribution < 1.29 is 9.53 Å². The molecular formula is C41H66N4O2. The second-order valence-corrected chi connectivity index (χ2v) is 14.3. The summed E-state index contributed by atoms with van der Waals surface area (Å²) >= 11 is 0. The molecule has 1 aromatic carbocycles. The Morgan fingerprint density at radius 3 is 2.38 bits per heavy atom. The Labute approximate surface area is 287 Å². The maximum Gasteiger partial charge on any atom is 0.251 e. The van der Waals surface area contributed by atoms with Crippen LogP contribution in [0.4, 0.5) is 5.69 Å². The molecule has 0 fully saturated rings. The lowest BCUT2D eigenvalue weighted by molar-refractivity contribution is -0.112. The van der Waals surface area contributed by atoms with Gasteiger partial charge in [0.1, 0.15) is 0 Å². The van der Waals surface area contributed by atoms with Crippen molar-refractivity contribution in [1.82, 2.24) is 10.2 Å². The van der Waals surface area contributed by atoms with Crippen molar-refractivity contribution in [3.63, 3.8) is 0 Å². The number of nitrogens with zero attached hydrogens (tertiary/aromatic N) is 1. The average molecular weight is 647 g/mol. The molecule has 1 amide bonds. The van der Waals surface area contributed by atoms with Crippen LogP contribution in [-0.4, -0.2) is 51.2 Å². The molecule has 1 heterocycles. The van der Waals surface area contributed by atoms with Crippen LogP contribution in [0.1, 0.15) is 90.3 Å². The van der Waals surface area contributed by atoms with Crippen molar-refractivity contribution in [2.75, 3.05) is 39.6 Å². The van der Waals surface area contributed by atoms with E-state index in [4.69, 9.17) is 10.5 Å². The van der Waals surface area contributed by atoms with Crippen molar-refractivity contribution in [3.05, 3.63) is 88.8 Å². The van der Waals surface area contributed by atoms with E-state index in [1.807, 2.05) is 33.2 Å². The topological polar surface area (TPSA) is 79.6 Å². The molecule has 0 radical (unpaired) electrons. The predicted molar refractivity (Wildman–Crippen MR) is 202 cm³/mol. The summed E-state index contributed by atoms with van der Waals surface area (Å²) < 4.78 is 6.23. The van der Waals surface area contributed by atoms with E-state index in [2.05, 4.69) is 108 Å². The highest BCUT2D eigenvalue weighted by Gasteiger charge is 2.29. The largest absolute Gasteiger partial charge is 0.402 e. The third-order valence-electron chi connectivity index (χ3n) is 10.6. The Balaban J connectivity index is 2.70. The van der Waals surface area contributed by atoms with E-state index in [1.165, 1.54) is 11.1 Å². The third kappa shape index (κ3) is 11.5. The highest BCUT2D eigenvalue weighted by atomic mass is 16.5. The molecule has 0 saturated carbocycles. The van der Waals surface area contributed by atoms with Gasteiger partial charge in [0, 0.05) is 56.3 Å². The molecule has 2 rings (SSSR count). The number of benzene rings is 1. The highest BCUT2D eigenvalue weighted by Crippen LogP contribution is 2.39. The minimum Gasteiger partial charge on any atom is -0.402 e. The van der Waals surface area contributed by atoms with Crippen molar-refractivity contribution in [2.45, 2.75) is 93.1 Å². The molecule has 262 valence electrons. The molecular weight excluding hydrogens is 580 g/mol. The monoisotopic (exact) mass is 647 g/mol. The number of nitrogens with two attached hydrogens (primary N) is 1. The molecule has 1 aliphatic rings. The Morgan fingerprint density at radius 2 is 1.79 bits per heavy atom. The van der Waals surface area contributed by atoms with Crippen LogP contribution in [0, 0.1) is 36.5 Å². The molecule has 5 unspecified atom stereocenters. The Bertz CT molecular complexity index is 1310. The van der Waals surface area contributed by atoms with Gasteiger partial charge in [-0.3, -0.25) is 4.79 Å². The summed E-state index contributed by atoms with van der Waals surface area (Å²) in [6.45, 7) is 27.9. The summed E-state index contributed by atoms with van der Waals surface area (Å²) in [4.78, 5) is 15.8. The zero-order valence-corrected chi connectivity index (χ0v) is 31.5. The number of carbonyl (C=O) groups is 1. The lowest BCUT2D eigenvalue weighted by Gasteiger charge is -2.33. The van der Waals surface area contributed by atoms with Crippen LogP contribution in [0.25, 0.3) is 0 Å². The first-order valence-electron chi connectivity index (χ1n) is 17.6. The van der Waals surface area contributed by atoms with Gasteiger partial charge in [0.05, 0.1) is 6.10 Å². The van der Waals surface area contributed by atoms with Crippen LogP contribution in [0.5, 0.6) is 0 Å². The first-order chi connectivity index (χ1) is 22.1. The number of rotatable bonds is 10. The standard InChI is InChI=1S/C41H66N4O2/c1-14-36-30(6)21-40(47-13)33(9)28(4)20-29(5)37(22-31(7)42)26(2)16-15-17-27(3)41(46)44-39-25-35(24-38(36)34(39)10)23-32(8)45(12)19-18-43-11/h15-17,20,24-26,28,30,33,36-37,40,43H,7-8,14,18-19,21-23,42H2,1-6,9-13H3,(H,44,46)/b16-15-,27-17+,29-20+/t26?,28-,30-,33?,36?,37?,40?/m0/s1. The van der Waals surface area contributed by atoms with Crippen LogP contribution in [0.15, 0.2) is 72.1 Å². The van der Waals surface area contributed by atoms with E-state index < -0.39 is 0 Å². The van der Waals surface area contributed by atoms with Gasteiger partial charge < -0.3 is 26.0 Å². The van der Waals surface area contributed by atoms with E-state index >= 15 is 0 Å². The molecule has 0 saturated heterocycles. The molecule has 4 N–H and O–H groups in total. The first-order valence-corrected chi connectivity index (χ1v) is 17.6. The molecule has 0 aliphatic carbocycles. The van der Waals surface area contributed by atoms with Crippen molar-refractivity contribution in [2.24, 2.45) is 35.3 Å². The molecule has 2 bridgehead atoms. The Morgan fingerprint density at radius 1 is 1.11 bits per heavy atom. The SMILES string of the molecule is C=C(N)CC1/C(C)=C/[C@H](C)C(C)C(OC)C[C@H](C)C(CC)c2cc(CC(=C)N(C)CCNC)cc(c2C)NC(=O)/C(C)=C/C=C\C1C. The van der Waals surface area contributed by atoms with Gasteiger partial charge in [0.25, 0.3) is 5.91 Å². The summed E-state index contributed by atoms with van der Waals surface area (Å²) in [6.07, 6.45) is 12.0. The number of hydrogen-bond donors (Lipinski definition) is 3. The number of ether oxygens (including phenoxy) is 1. The number of methoxy groups -OCH3 is 1. The molecule has 1 aliphatic heterocycles. The number of anilines is 1. The van der Waals surface area contributed by atoms with Crippen molar-refractivity contribution in [1.29, 1.82) is 0 Å². The van der Waals surface area contributed by atoms with Crippen LogP contribution in [0.3, 0.4) is 0 Å². The van der Waals surface area contributed by atoms with Crippen LogP contribution >= 0.6 is 0 Å². The highest BCUT2D eigenvalue weighted by molar-refractivity contribution is 6.04. The molecule has 6 heteroatoms. The van der Waals surface area contributed by atoms with Gasteiger partial charge in [-0.05, 0) is 105 Å². The number of likely N-dealkylation sites (N-methyl/N-ethyl adjacent to an activating group) is 2. The minimum atomic E-state index is -0.0949. The number of fused-ring (bicyclic) bond motifs is 2. The molecule has 47 heavy (non-hydrogen) atoms. The second-order valence-electron chi connectivity index (χ2n) is 14.3. The summed E-state index contributed by atoms with van der Waals surface area (Å²) in [7, 11) is 5.91. The maximum absolute atomic E-state index is 13.6. The number of nitrogens with one attached hydrogen (secondary N) is 2. The van der Waals surface area contributed by atoms with Crippen LogP contribution in [-0.2, 0) is 16.0 Å². The number of hydrogen-bond acceptors (Lipinski definition) is 5. The number of carbonyl (C=O) groups excluding carboxylic acids is 1. The van der Waals surface area contributed by atoms with Gasteiger partial charge >= 0.3 is 0 Å². The minimum absolute atomic E-state index is 0.0949. The van der Waals surface area contributed by atoms with Crippen molar-refractivity contribution >= 4 is 11.6 Å². The lowest BCUT2D eigenvalue weighted by atomic mass is 9.76. The number of amides is 1. The van der Waals surface area contributed by atoms with E-state index in [1.54, 1.807) is 0 Å². The predicted octanol–water partition coefficient (Wildman–Crippen LogP) is 8.53. The molecule has 0 aromatic heterocycles. The van der Waals surface area contributed by atoms with Crippen LogP contribution < -0.4 is 16.4 Å². The van der Waals surface area contributed by atoms with Gasteiger partial charge in [-0.2, -0.15) is 0 Å². The van der Waals surface area contributed by atoms with Crippen LogP contribution in [0.2, 0.25) is 0 Å². The summed E-state index contributed by atoms with van der Waals surface area (Å²) in [5.74, 6) is 1.67. The zero-order valence-electron chi connectivity index (χ0n) is 31.5. The summed E-state index contributed by atoms with van der Waals surface area (Å²) in [5, 5.41) is 6.50. The average Bonchev–Trinajstić information content (AvgIpc) is 3.02. The quantitative estimate of drug-likeness (QED) is 0.222. The van der Waals surface area contributed by atoms with Gasteiger partial charge in [0.15, 0.2) is 0 Å². The summed E-state index contributed by atoms with van der Waals surface area (Å²) in [6, 6.07) is 4.49. The van der Waals surface area contributed by atoms with E-state index in [0.717, 1.165) is 54.9 Å². The second kappa shape index (κ2) is 19.0. The maximum atomic E-state index is 13.6. The van der Waals surface area contributed by atoms with Gasteiger partial charge in [-0.25, -0.2) is 0 Å². The normalized spacial score (nSPS) is 29.2. The van der Waals surface area contributed by atoms with E-state index in [-0.39, 0.29) is 23.8 Å². The Kier molecular flexibility index (Phi) is 16.2. The van der Waals surface area contributed by atoms with E-state index in [9.17, 15) is 4.79 Å². The Hall–Kier alpha value is -3.09. The smallest absolute Gasteiger partial charge is 0.251 e. The molecule has 1 aromatic rings. The van der Waals surface area contributed by atoms with Gasteiger partial charge in [-0.1, -0.05) is 83.7 Å². The molecule has 7 atom stereocenters. The number of allylic oxidation sites excluding steroid dienone is 7. The van der Waals surface area contributed by atoms with Crippen molar-refractivity contribution in [3.8, 4) is 0 Å². The zero-order chi connectivity index (χ0) is 35.4. The summed E-state index contributed by atoms with van der Waals surface area (Å²) in [5.41, 5.74) is 14.3. The molecule has 6 nitrogen and oxygen atoms in total.